The summed E-state index contributed by atoms with van der Waals surface area (Å²) >= 11 is 6.27. The molecule has 4 nitrogen and oxygen atoms in total. The van der Waals surface area contributed by atoms with Crippen LogP contribution in [0.25, 0.3) is 0 Å². The van der Waals surface area contributed by atoms with Crippen LogP contribution in [0, 0.1) is 5.92 Å². The van der Waals surface area contributed by atoms with Gasteiger partial charge < -0.3 is 9.64 Å². The SMILES string of the molecule is O=C1CCCN1CC[C@@H]1CCOC12CN(Cc1ccccc1Cl)C2. The fourth-order valence-corrected chi connectivity index (χ4v) is 4.68. The van der Waals surface area contributed by atoms with Crippen molar-refractivity contribution in [2.75, 3.05) is 32.8 Å². The largest absolute Gasteiger partial charge is 0.372 e. The molecule has 0 bridgehead atoms. The molecule has 0 saturated carbocycles. The van der Waals surface area contributed by atoms with Crippen molar-refractivity contribution >= 4 is 17.5 Å². The predicted octanol–water partition coefficient (Wildman–Crippen LogP) is 2.94. The molecule has 0 radical (unpaired) electrons. The third-order valence-corrected chi connectivity index (χ3v) is 6.22. The van der Waals surface area contributed by atoms with Gasteiger partial charge in [0.2, 0.25) is 5.91 Å². The van der Waals surface area contributed by atoms with E-state index in [1.54, 1.807) is 0 Å². The minimum absolute atomic E-state index is 0.0179. The highest BCUT2D eigenvalue weighted by atomic mass is 35.5. The third-order valence-electron chi connectivity index (χ3n) is 5.85. The van der Waals surface area contributed by atoms with Crippen molar-refractivity contribution in [1.29, 1.82) is 0 Å². The number of carbonyl (C=O) groups is 1. The normalized spacial score (nSPS) is 26.3. The molecule has 0 aromatic heterocycles. The fraction of sp³-hybridized carbons (Fsp3) is 0.632. The van der Waals surface area contributed by atoms with Crippen LogP contribution in [0.15, 0.2) is 24.3 Å². The van der Waals surface area contributed by atoms with Gasteiger partial charge in [-0.25, -0.2) is 0 Å². The summed E-state index contributed by atoms with van der Waals surface area (Å²) in [5, 5.41) is 0.842. The molecule has 4 rings (SSSR count). The van der Waals surface area contributed by atoms with Gasteiger partial charge in [0.25, 0.3) is 0 Å². The molecule has 1 amide bonds. The van der Waals surface area contributed by atoms with E-state index in [-0.39, 0.29) is 5.60 Å². The van der Waals surface area contributed by atoms with Crippen LogP contribution in [-0.4, -0.2) is 54.1 Å². The van der Waals surface area contributed by atoms with Gasteiger partial charge in [0.15, 0.2) is 0 Å². The van der Waals surface area contributed by atoms with Crippen molar-refractivity contribution in [2.45, 2.75) is 37.8 Å². The minimum Gasteiger partial charge on any atom is -0.372 e. The zero-order valence-electron chi connectivity index (χ0n) is 14.0. The van der Waals surface area contributed by atoms with Gasteiger partial charge >= 0.3 is 0 Å². The highest BCUT2D eigenvalue weighted by Crippen LogP contribution is 2.42. The van der Waals surface area contributed by atoms with Gasteiger partial charge in [-0.3, -0.25) is 9.69 Å². The monoisotopic (exact) mass is 348 g/mol. The van der Waals surface area contributed by atoms with Gasteiger partial charge in [-0.1, -0.05) is 29.8 Å². The lowest BCUT2D eigenvalue weighted by atomic mass is 9.78. The summed E-state index contributed by atoms with van der Waals surface area (Å²) in [6.45, 7) is 5.56. The highest BCUT2D eigenvalue weighted by Gasteiger charge is 2.52. The second-order valence-corrected chi connectivity index (χ2v) is 7.82. The van der Waals surface area contributed by atoms with Gasteiger partial charge in [-0.15, -0.1) is 0 Å². The first kappa shape index (κ1) is 16.4. The quantitative estimate of drug-likeness (QED) is 0.820. The van der Waals surface area contributed by atoms with E-state index in [1.807, 2.05) is 23.1 Å². The average molecular weight is 349 g/mol. The first-order chi connectivity index (χ1) is 11.7. The molecular weight excluding hydrogens is 324 g/mol. The Bertz CT molecular complexity index is 615. The number of hydrogen-bond acceptors (Lipinski definition) is 3. The number of halogens is 1. The molecule has 3 fully saturated rings. The smallest absolute Gasteiger partial charge is 0.222 e. The van der Waals surface area contributed by atoms with Crippen LogP contribution in [-0.2, 0) is 16.1 Å². The molecule has 1 aromatic rings. The molecule has 1 atom stereocenters. The van der Waals surface area contributed by atoms with Crippen LogP contribution < -0.4 is 0 Å². The number of carbonyl (C=O) groups excluding carboxylic acids is 1. The highest BCUT2D eigenvalue weighted by molar-refractivity contribution is 6.31. The summed E-state index contributed by atoms with van der Waals surface area (Å²) < 4.78 is 6.15. The Labute approximate surface area is 148 Å². The van der Waals surface area contributed by atoms with Crippen LogP contribution in [0.2, 0.25) is 5.02 Å². The first-order valence-electron chi connectivity index (χ1n) is 9.04. The molecule has 0 unspecified atom stereocenters. The van der Waals surface area contributed by atoms with E-state index in [0.29, 0.717) is 11.8 Å². The Morgan fingerprint density at radius 1 is 1.29 bits per heavy atom. The van der Waals surface area contributed by atoms with Gasteiger partial charge in [0, 0.05) is 50.8 Å². The summed E-state index contributed by atoms with van der Waals surface area (Å²) in [4.78, 5) is 16.2. The number of rotatable bonds is 5. The first-order valence-corrected chi connectivity index (χ1v) is 9.42. The van der Waals surface area contributed by atoms with Crippen molar-refractivity contribution in [1.82, 2.24) is 9.80 Å². The molecule has 24 heavy (non-hydrogen) atoms. The summed E-state index contributed by atoms with van der Waals surface area (Å²) in [5.74, 6) is 0.908. The molecule has 3 aliphatic heterocycles. The van der Waals surface area contributed by atoms with Gasteiger partial charge in [0.1, 0.15) is 0 Å². The molecule has 0 aliphatic carbocycles. The van der Waals surface area contributed by atoms with E-state index < -0.39 is 0 Å². The summed E-state index contributed by atoms with van der Waals surface area (Å²) in [6, 6.07) is 8.06. The topological polar surface area (TPSA) is 32.8 Å². The Morgan fingerprint density at radius 3 is 2.88 bits per heavy atom. The lowest BCUT2D eigenvalue weighted by Gasteiger charge is -2.50. The molecule has 1 aromatic carbocycles. The summed E-state index contributed by atoms with van der Waals surface area (Å²) in [7, 11) is 0. The number of benzene rings is 1. The van der Waals surface area contributed by atoms with E-state index in [9.17, 15) is 4.79 Å². The van der Waals surface area contributed by atoms with E-state index in [1.165, 1.54) is 5.56 Å². The number of hydrogen-bond donors (Lipinski definition) is 0. The third kappa shape index (κ3) is 3.07. The lowest BCUT2D eigenvalue weighted by molar-refractivity contribution is -0.139. The summed E-state index contributed by atoms with van der Waals surface area (Å²) in [5.41, 5.74) is 1.20. The predicted molar refractivity (Wildman–Crippen MR) is 94.0 cm³/mol. The number of ether oxygens (including phenoxy) is 1. The Balaban J connectivity index is 1.31. The zero-order valence-corrected chi connectivity index (χ0v) is 14.8. The van der Waals surface area contributed by atoms with Crippen LogP contribution in [0.1, 0.15) is 31.2 Å². The zero-order chi connectivity index (χ0) is 16.6. The van der Waals surface area contributed by atoms with Gasteiger partial charge in [-0.05, 0) is 36.8 Å². The number of nitrogens with zero attached hydrogens (tertiary/aromatic N) is 2. The molecule has 3 aliphatic rings. The molecule has 130 valence electrons. The van der Waals surface area contributed by atoms with Crippen molar-refractivity contribution in [3.8, 4) is 0 Å². The molecule has 1 spiro atoms. The molecule has 5 heteroatoms. The van der Waals surface area contributed by atoms with Crippen LogP contribution >= 0.6 is 11.6 Å². The number of likely N-dealkylation sites (tertiary alicyclic amines) is 2. The van der Waals surface area contributed by atoms with Crippen molar-refractivity contribution in [3.05, 3.63) is 34.9 Å². The average Bonchev–Trinajstić information content (AvgIpc) is 3.13. The Hall–Kier alpha value is -1.10. The van der Waals surface area contributed by atoms with E-state index >= 15 is 0 Å². The maximum atomic E-state index is 11.8. The van der Waals surface area contributed by atoms with Crippen molar-refractivity contribution < 1.29 is 9.53 Å². The number of amides is 1. The van der Waals surface area contributed by atoms with E-state index in [2.05, 4.69) is 11.0 Å². The Morgan fingerprint density at radius 2 is 2.12 bits per heavy atom. The molecule has 3 saturated heterocycles. The Kier molecular flexibility index (Phi) is 4.54. The van der Waals surface area contributed by atoms with Crippen LogP contribution in [0.3, 0.4) is 0 Å². The second-order valence-electron chi connectivity index (χ2n) is 7.41. The maximum Gasteiger partial charge on any atom is 0.222 e. The van der Waals surface area contributed by atoms with E-state index in [4.69, 9.17) is 16.3 Å². The fourth-order valence-electron chi connectivity index (χ4n) is 4.48. The molecule has 0 N–H and O–H groups in total. The van der Waals surface area contributed by atoms with Gasteiger partial charge in [-0.2, -0.15) is 0 Å². The standard InChI is InChI=1S/C19H25ClN2O2/c20-17-5-2-1-4-15(17)12-21-13-19(14-21)16(8-11-24-19)7-10-22-9-3-6-18(22)23/h1-2,4-5,16H,3,6-14H2/t16-/m1/s1. The van der Waals surface area contributed by atoms with Crippen LogP contribution in [0.5, 0.6) is 0 Å². The maximum absolute atomic E-state index is 11.8. The van der Waals surface area contributed by atoms with Crippen LogP contribution in [0.4, 0.5) is 0 Å². The minimum atomic E-state index is 0.0179. The summed E-state index contributed by atoms with van der Waals surface area (Å²) in [6.07, 6.45) is 3.96. The second kappa shape index (κ2) is 6.66. The van der Waals surface area contributed by atoms with Gasteiger partial charge in [0.05, 0.1) is 5.60 Å². The molecule has 3 heterocycles. The van der Waals surface area contributed by atoms with Crippen molar-refractivity contribution in [3.63, 3.8) is 0 Å². The molecular formula is C19H25ClN2O2. The van der Waals surface area contributed by atoms with E-state index in [0.717, 1.165) is 70.0 Å². The lowest BCUT2D eigenvalue weighted by Crippen LogP contribution is -2.64. The van der Waals surface area contributed by atoms with Crippen molar-refractivity contribution in [2.24, 2.45) is 5.92 Å².